The molecule has 0 saturated heterocycles. The number of amides is 2. The van der Waals surface area contributed by atoms with E-state index in [2.05, 4.69) is 15.6 Å². The highest BCUT2D eigenvalue weighted by atomic mass is 32.1. The van der Waals surface area contributed by atoms with E-state index in [-0.39, 0.29) is 23.9 Å². The third-order valence-electron chi connectivity index (χ3n) is 4.37. The molecule has 2 aromatic carbocycles. The summed E-state index contributed by atoms with van der Waals surface area (Å²) in [6, 6.07) is 14.7. The monoisotopic (exact) mass is 411 g/mol. The summed E-state index contributed by atoms with van der Waals surface area (Å²) in [5, 5.41) is 8.22. The van der Waals surface area contributed by atoms with Gasteiger partial charge in [0.2, 0.25) is 5.91 Å². The number of aromatic nitrogens is 1. The molecule has 150 valence electrons. The van der Waals surface area contributed by atoms with Crippen LogP contribution in [0.15, 0.2) is 60.0 Å². The van der Waals surface area contributed by atoms with Crippen molar-refractivity contribution in [3.8, 4) is 10.6 Å². The first kappa shape index (κ1) is 20.7. The number of hydrogen-bond acceptors (Lipinski definition) is 4. The number of halogens is 1. The first-order valence-corrected chi connectivity index (χ1v) is 10.2. The molecule has 3 aromatic rings. The molecule has 3 rings (SSSR count). The predicted octanol–water partition coefficient (Wildman–Crippen LogP) is 4.02. The average molecular weight is 412 g/mol. The highest BCUT2D eigenvalue weighted by Crippen LogP contribution is 2.23. The highest BCUT2D eigenvalue weighted by Gasteiger charge is 2.25. The lowest BCUT2D eigenvalue weighted by Gasteiger charge is -2.21. The summed E-state index contributed by atoms with van der Waals surface area (Å²) in [7, 11) is 0. The van der Waals surface area contributed by atoms with Crippen molar-refractivity contribution >= 4 is 23.2 Å². The summed E-state index contributed by atoms with van der Waals surface area (Å²) >= 11 is 1.50. The van der Waals surface area contributed by atoms with Crippen LogP contribution < -0.4 is 10.6 Å². The van der Waals surface area contributed by atoms with Crippen molar-refractivity contribution in [2.24, 2.45) is 5.92 Å². The minimum atomic E-state index is -0.783. The molecule has 0 radical (unpaired) electrons. The topological polar surface area (TPSA) is 71.1 Å². The van der Waals surface area contributed by atoms with Crippen molar-refractivity contribution < 1.29 is 14.0 Å². The van der Waals surface area contributed by atoms with Gasteiger partial charge in [-0.05, 0) is 18.1 Å². The molecule has 1 aromatic heterocycles. The van der Waals surface area contributed by atoms with Crippen LogP contribution >= 0.6 is 11.3 Å². The van der Waals surface area contributed by atoms with Gasteiger partial charge in [-0.15, -0.1) is 11.3 Å². The Labute approximate surface area is 173 Å². The van der Waals surface area contributed by atoms with Crippen LogP contribution in [-0.4, -0.2) is 22.8 Å². The third-order valence-corrected chi connectivity index (χ3v) is 5.31. The van der Waals surface area contributed by atoms with Crippen molar-refractivity contribution in [3.63, 3.8) is 0 Å². The number of hydrogen-bond donors (Lipinski definition) is 2. The molecule has 0 saturated carbocycles. The first-order chi connectivity index (χ1) is 14.0. The molecule has 1 heterocycles. The van der Waals surface area contributed by atoms with Crippen LogP contribution in [-0.2, 0) is 11.3 Å². The van der Waals surface area contributed by atoms with E-state index in [4.69, 9.17) is 0 Å². The van der Waals surface area contributed by atoms with Crippen molar-refractivity contribution in [3.05, 3.63) is 77.1 Å². The summed E-state index contributed by atoms with van der Waals surface area (Å²) in [4.78, 5) is 29.6. The number of rotatable bonds is 7. The minimum absolute atomic E-state index is 0.0852. The van der Waals surface area contributed by atoms with Gasteiger partial charge in [0.25, 0.3) is 5.91 Å². The largest absolute Gasteiger partial charge is 0.349 e. The quantitative estimate of drug-likeness (QED) is 0.617. The van der Waals surface area contributed by atoms with Gasteiger partial charge < -0.3 is 10.6 Å². The van der Waals surface area contributed by atoms with Crippen molar-refractivity contribution in [1.29, 1.82) is 0 Å². The van der Waals surface area contributed by atoms with Gasteiger partial charge in [0.15, 0.2) is 0 Å². The number of carbonyl (C=O) groups excluding carboxylic acids is 2. The number of benzene rings is 2. The lowest BCUT2D eigenvalue weighted by molar-refractivity contribution is -0.124. The standard InChI is InChI=1S/C22H22FN3O2S/c1-14(2)19(26-20(27)17-10-6-7-11-18(17)23)21(28)24-12-16-13-29-22(25-16)15-8-4-3-5-9-15/h3-11,13-14,19H,12H2,1-2H3,(H,24,28)(H,26,27). The Bertz CT molecular complexity index is 988. The van der Waals surface area contributed by atoms with E-state index in [0.717, 1.165) is 16.3 Å². The molecule has 0 aliphatic rings. The van der Waals surface area contributed by atoms with Crippen LogP contribution in [0.25, 0.3) is 10.6 Å². The van der Waals surface area contributed by atoms with Crippen LogP contribution in [0.3, 0.4) is 0 Å². The lowest BCUT2D eigenvalue weighted by Crippen LogP contribution is -2.49. The van der Waals surface area contributed by atoms with Gasteiger partial charge in [-0.3, -0.25) is 9.59 Å². The summed E-state index contributed by atoms with van der Waals surface area (Å²) in [6.45, 7) is 3.89. The van der Waals surface area contributed by atoms with Gasteiger partial charge in [0.05, 0.1) is 17.8 Å². The van der Waals surface area contributed by atoms with E-state index in [1.165, 1.54) is 29.5 Å². The van der Waals surface area contributed by atoms with E-state index in [1.807, 2.05) is 49.6 Å². The number of carbonyl (C=O) groups is 2. The Balaban J connectivity index is 1.62. The summed E-state index contributed by atoms with van der Waals surface area (Å²) < 4.78 is 13.8. The molecule has 2 N–H and O–H groups in total. The number of nitrogens with zero attached hydrogens (tertiary/aromatic N) is 1. The molecule has 0 spiro atoms. The fraction of sp³-hybridized carbons (Fsp3) is 0.227. The zero-order chi connectivity index (χ0) is 20.8. The predicted molar refractivity (Wildman–Crippen MR) is 112 cm³/mol. The Morgan fingerprint density at radius 2 is 1.76 bits per heavy atom. The highest BCUT2D eigenvalue weighted by molar-refractivity contribution is 7.13. The van der Waals surface area contributed by atoms with Crippen LogP contribution in [0, 0.1) is 11.7 Å². The molecule has 7 heteroatoms. The second-order valence-corrected chi connectivity index (χ2v) is 7.76. The van der Waals surface area contributed by atoms with E-state index in [0.29, 0.717) is 0 Å². The van der Waals surface area contributed by atoms with Crippen LogP contribution in [0.1, 0.15) is 29.9 Å². The maximum absolute atomic E-state index is 13.8. The van der Waals surface area contributed by atoms with Crippen molar-refractivity contribution in [2.75, 3.05) is 0 Å². The second kappa shape index (κ2) is 9.43. The third kappa shape index (κ3) is 5.26. The normalized spacial score (nSPS) is 11.9. The lowest BCUT2D eigenvalue weighted by atomic mass is 10.0. The summed E-state index contributed by atoms with van der Waals surface area (Å²) in [5.74, 6) is -1.74. The zero-order valence-electron chi connectivity index (χ0n) is 16.2. The van der Waals surface area contributed by atoms with Gasteiger partial charge in [-0.1, -0.05) is 56.3 Å². The Morgan fingerprint density at radius 3 is 2.45 bits per heavy atom. The maximum Gasteiger partial charge on any atom is 0.254 e. The van der Waals surface area contributed by atoms with E-state index >= 15 is 0 Å². The molecule has 0 aliphatic heterocycles. The Kier molecular flexibility index (Phi) is 6.72. The average Bonchev–Trinajstić information content (AvgIpc) is 3.20. The fourth-order valence-electron chi connectivity index (χ4n) is 2.79. The molecular weight excluding hydrogens is 389 g/mol. The van der Waals surface area contributed by atoms with Gasteiger partial charge in [-0.2, -0.15) is 0 Å². The van der Waals surface area contributed by atoms with E-state index in [1.54, 1.807) is 6.07 Å². The number of thiazole rings is 1. The molecule has 1 unspecified atom stereocenters. The molecule has 2 amide bonds. The van der Waals surface area contributed by atoms with E-state index in [9.17, 15) is 14.0 Å². The second-order valence-electron chi connectivity index (χ2n) is 6.90. The van der Waals surface area contributed by atoms with Crippen LogP contribution in [0.4, 0.5) is 4.39 Å². The zero-order valence-corrected chi connectivity index (χ0v) is 17.0. The molecule has 5 nitrogen and oxygen atoms in total. The van der Waals surface area contributed by atoms with Crippen LogP contribution in [0.2, 0.25) is 0 Å². The van der Waals surface area contributed by atoms with Gasteiger partial charge >= 0.3 is 0 Å². The van der Waals surface area contributed by atoms with Gasteiger partial charge in [-0.25, -0.2) is 9.37 Å². The Morgan fingerprint density at radius 1 is 1.07 bits per heavy atom. The van der Waals surface area contributed by atoms with Crippen LogP contribution in [0.5, 0.6) is 0 Å². The molecule has 0 aliphatic carbocycles. The first-order valence-electron chi connectivity index (χ1n) is 9.28. The minimum Gasteiger partial charge on any atom is -0.349 e. The molecule has 29 heavy (non-hydrogen) atoms. The molecule has 1 atom stereocenters. The van der Waals surface area contributed by atoms with Crippen molar-refractivity contribution in [2.45, 2.75) is 26.4 Å². The fourth-order valence-corrected chi connectivity index (χ4v) is 3.61. The smallest absolute Gasteiger partial charge is 0.254 e. The molecule has 0 bridgehead atoms. The SMILES string of the molecule is CC(C)C(NC(=O)c1ccccc1F)C(=O)NCc1csc(-c2ccccc2)n1. The maximum atomic E-state index is 13.8. The van der Waals surface area contributed by atoms with Crippen molar-refractivity contribution in [1.82, 2.24) is 15.6 Å². The van der Waals surface area contributed by atoms with Gasteiger partial charge in [0, 0.05) is 10.9 Å². The molecule has 0 fully saturated rings. The molecular formula is C22H22FN3O2S. The number of nitrogens with one attached hydrogen (secondary N) is 2. The van der Waals surface area contributed by atoms with E-state index < -0.39 is 17.8 Å². The summed E-state index contributed by atoms with van der Waals surface area (Å²) in [6.07, 6.45) is 0. The van der Waals surface area contributed by atoms with Gasteiger partial charge in [0.1, 0.15) is 16.9 Å². The Hall–Kier alpha value is -3.06. The summed E-state index contributed by atoms with van der Waals surface area (Å²) in [5.41, 5.74) is 1.68.